The van der Waals surface area contributed by atoms with Crippen molar-refractivity contribution in [1.29, 1.82) is 0 Å². The van der Waals surface area contributed by atoms with Crippen LogP contribution in [0.25, 0.3) is 17.3 Å². The van der Waals surface area contributed by atoms with E-state index in [1.807, 2.05) is 12.1 Å². The molecule has 0 aliphatic heterocycles. The van der Waals surface area contributed by atoms with Crippen LogP contribution in [0, 0.1) is 10.1 Å². The third kappa shape index (κ3) is 5.79. The lowest BCUT2D eigenvalue weighted by Crippen LogP contribution is -2.30. The monoisotopic (exact) mass is 447 g/mol. The van der Waals surface area contributed by atoms with Crippen LogP contribution in [0.15, 0.2) is 72.3 Å². The molecule has 3 rings (SSSR count). The Labute approximate surface area is 189 Å². The number of carbonyl (C=O) groups excluding carboxylic acids is 1. The van der Waals surface area contributed by atoms with Gasteiger partial charge in [-0.3, -0.25) is 15.0 Å². The second-order valence-electron chi connectivity index (χ2n) is 7.01. The molecule has 9 heteroatoms. The Hall–Kier alpha value is -4.53. The third-order valence-corrected chi connectivity index (χ3v) is 4.81. The Morgan fingerprint density at radius 2 is 1.76 bits per heavy atom. The molecule has 0 aliphatic carbocycles. The molecular formula is C24H21N3O6. The zero-order chi connectivity index (χ0) is 24.0. The number of amides is 1. The number of carboxylic acid groups (broad SMARTS) is 1. The first kappa shape index (κ1) is 23.1. The van der Waals surface area contributed by atoms with Gasteiger partial charge in [-0.15, -0.1) is 0 Å². The second kappa shape index (κ2) is 10.2. The van der Waals surface area contributed by atoms with Crippen LogP contribution in [0.3, 0.4) is 0 Å². The fourth-order valence-electron chi connectivity index (χ4n) is 2.94. The van der Waals surface area contributed by atoms with Crippen LogP contribution in [-0.2, 0) is 4.79 Å². The first-order valence-corrected chi connectivity index (χ1v) is 10.00. The number of carbonyl (C=O) groups is 2. The van der Waals surface area contributed by atoms with E-state index < -0.39 is 17.0 Å². The highest BCUT2D eigenvalue weighted by atomic mass is 16.6. The number of pyridine rings is 1. The summed E-state index contributed by atoms with van der Waals surface area (Å²) in [5, 5.41) is 19.9. The third-order valence-electron chi connectivity index (χ3n) is 4.81. The Morgan fingerprint density at radius 1 is 1.09 bits per heavy atom. The molecule has 0 radical (unpaired) electrons. The number of ether oxygens (including phenoxy) is 1. The molecule has 0 aliphatic rings. The standard InChI is InChI=1S/C24H21N3O6/c1-3-17(23(28)29)15-16-7-9-18(10-8-16)21-5-4-6-22(25-21)26(2)24(30)33-20-13-11-19(12-14-20)27(31)32/h4-15H,3H2,1-2H3,(H,28,29). The van der Waals surface area contributed by atoms with Crippen molar-refractivity contribution in [3.05, 3.63) is 88.0 Å². The van der Waals surface area contributed by atoms with Crippen LogP contribution in [0.2, 0.25) is 0 Å². The summed E-state index contributed by atoms with van der Waals surface area (Å²) in [5.41, 5.74) is 2.38. The molecule has 1 heterocycles. The number of non-ortho nitro benzene ring substituents is 1. The first-order chi connectivity index (χ1) is 15.8. The molecule has 0 saturated carbocycles. The van der Waals surface area contributed by atoms with Gasteiger partial charge in [0, 0.05) is 30.3 Å². The van der Waals surface area contributed by atoms with Gasteiger partial charge in [0.05, 0.1) is 10.6 Å². The summed E-state index contributed by atoms with van der Waals surface area (Å²) in [6, 6.07) is 17.6. The van der Waals surface area contributed by atoms with E-state index >= 15 is 0 Å². The van der Waals surface area contributed by atoms with Gasteiger partial charge in [0.2, 0.25) is 0 Å². The van der Waals surface area contributed by atoms with Crippen molar-refractivity contribution in [2.24, 2.45) is 0 Å². The molecule has 0 atom stereocenters. The highest BCUT2D eigenvalue weighted by molar-refractivity contribution is 5.92. The van der Waals surface area contributed by atoms with Crippen molar-refractivity contribution in [3.8, 4) is 17.0 Å². The molecule has 0 spiro atoms. The Bertz CT molecular complexity index is 1200. The summed E-state index contributed by atoms with van der Waals surface area (Å²) in [7, 11) is 1.51. The number of anilines is 1. The van der Waals surface area contributed by atoms with E-state index in [0.29, 0.717) is 23.5 Å². The van der Waals surface area contributed by atoms with Gasteiger partial charge >= 0.3 is 12.1 Å². The van der Waals surface area contributed by atoms with E-state index in [1.54, 1.807) is 43.3 Å². The SMILES string of the molecule is CCC(=Cc1ccc(-c2cccc(N(C)C(=O)Oc3ccc([N+](=O)[O-])cc3)n2)cc1)C(=O)O. The van der Waals surface area contributed by atoms with E-state index in [1.165, 1.54) is 36.2 Å². The Morgan fingerprint density at radius 3 is 2.33 bits per heavy atom. The van der Waals surface area contributed by atoms with Crippen LogP contribution in [0.5, 0.6) is 5.75 Å². The molecule has 1 amide bonds. The molecule has 33 heavy (non-hydrogen) atoms. The smallest absolute Gasteiger partial charge is 0.420 e. The maximum Gasteiger partial charge on any atom is 0.420 e. The fourth-order valence-corrected chi connectivity index (χ4v) is 2.94. The van der Waals surface area contributed by atoms with Gasteiger partial charge in [0.25, 0.3) is 5.69 Å². The van der Waals surface area contributed by atoms with E-state index in [9.17, 15) is 24.8 Å². The topological polar surface area (TPSA) is 123 Å². The van der Waals surface area contributed by atoms with E-state index in [4.69, 9.17) is 4.74 Å². The Kier molecular flexibility index (Phi) is 7.14. The van der Waals surface area contributed by atoms with Crippen molar-refractivity contribution in [2.45, 2.75) is 13.3 Å². The van der Waals surface area contributed by atoms with E-state index in [2.05, 4.69) is 4.98 Å². The maximum atomic E-state index is 12.5. The molecule has 0 fully saturated rings. The Balaban J connectivity index is 1.75. The minimum Gasteiger partial charge on any atom is -0.478 e. The minimum atomic E-state index is -0.945. The number of hydrogen-bond acceptors (Lipinski definition) is 6. The van der Waals surface area contributed by atoms with Gasteiger partial charge < -0.3 is 9.84 Å². The zero-order valence-corrected chi connectivity index (χ0v) is 18.0. The van der Waals surface area contributed by atoms with Crippen LogP contribution in [0.1, 0.15) is 18.9 Å². The average molecular weight is 447 g/mol. The van der Waals surface area contributed by atoms with Crippen LogP contribution in [-0.4, -0.2) is 34.1 Å². The van der Waals surface area contributed by atoms with E-state index in [0.717, 1.165) is 11.1 Å². The number of aliphatic carboxylic acids is 1. The van der Waals surface area contributed by atoms with Gasteiger partial charge in [0.1, 0.15) is 11.6 Å². The molecule has 168 valence electrons. The maximum absolute atomic E-state index is 12.5. The fraction of sp³-hybridized carbons (Fsp3) is 0.125. The van der Waals surface area contributed by atoms with Crippen molar-refractivity contribution >= 4 is 29.6 Å². The number of aromatic nitrogens is 1. The van der Waals surface area contributed by atoms with Gasteiger partial charge in [-0.05, 0) is 42.3 Å². The number of nitrogens with zero attached hydrogens (tertiary/aromatic N) is 3. The largest absolute Gasteiger partial charge is 0.478 e. The molecule has 0 unspecified atom stereocenters. The van der Waals surface area contributed by atoms with Gasteiger partial charge in [0.15, 0.2) is 0 Å². The highest BCUT2D eigenvalue weighted by Crippen LogP contribution is 2.23. The molecule has 0 saturated heterocycles. The van der Waals surface area contributed by atoms with Crippen molar-refractivity contribution in [3.63, 3.8) is 0 Å². The normalized spacial score (nSPS) is 11.0. The number of nitro groups is 1. The van der Waals surface area contributed by atoms with Crippen molar-refractivity contribution in [2.75, 3.05) is 11.9 Å². The molecule has 2 aromatic carbocycles. The number of benzene rings is 2. The second-order valence-corrected chi connectivity index (χ2v) is 7.01. The van der Waals surface area contributed by atoms with Crippen molar-refractivity contribution < 1.29 is 24.4 Å². The minimum absolute atomic E-state index is 0.104. The lowest BCUT2D eigenvalue weighted by molar-refractivity contribution is -0.384. The zero-order valence-electron chi connectivity index (χ0n) is 18.0. The lowest BCUT2D eigenvalue weighted by atomic mass is 10.1. The van der Waals surface area contributed by atoms with E-state index in [-0.39, 0.29) is 11.4 Å². The summed E-state index contributed by atoms with van der Waals surface area (Å²) in [6.45, 7) is 1.78. The molecule has 1 aromatic heterocycles. The van der Waals surface area contributed by atoms with Crippen LogP contribution < -0.4 is 9.64 Å². The summed E-state index contributed by atoms with van der Waals surface area (Å²) < 4.78 is 5.26. The van der Waals surface area contributed by atoms with Crippen molar-refractivity contribution in [1.82, 2.24) is 4.98 Å². The number of nitro benzene ring substituents is 1. The summed E-state index contributed by atoms with van der Waals surface area (Å²) >= 11 is 0. The van der Waals surface area contributed by atoms with Gasteiger partial charge in [-0.1, -0.05) is 37.3 Å². The lowest BCUT2D eigenvalue weighted by Gasteiger charge is -2.16. The van der Waals surface area contributed by atoms with Gasteiger partial charge in [-0.25, -0.2) is 14.6 Å². The predicted octanol–water partition coefficient (Wildman–Crippen LogP) is 5.17. The molecule has 3 aromatic rings. The first-order valence-electron chi connectivity index (χ1n) is 10.00. The number of carboxylic acids is 1. The molecule has 0 bridgehead atoms. The number of hydrogen-bond donors (Lipinski definition) is 1. The predicted molar refractivity (Wildman–Crippen MR) is 123 cm³/mol. The highest BCUT2D eigenvalue weighted by Gasteiger charge is 2.16. The van der Waals surface area contributed by atoms with Crippen LogP contribution in [0.4, 0.5) is 16.3 Å². The molecule has 9 nitrogen and oxygen atoms in total. The molecule has 1 N–H and O–H groups in total. The average Bonchev–Trinajstić information content (AvgIpc) is 2.82. The molecular weight excluding hydrogens is 426 g/mol. The summed E-state index contributed by atoms with van der Waals surface area (Å²) in [5.74, 6) is -0.424. The summed E-state index contributed by atoms with van der Waals surface area (Å²) in [6.07, 6.45) is 1.34. The summed E-state index contributed by atoms with van der Waals surface area (Å²) in [4.78, 5) is 39.6. The quantitative estimate of drug-likeness (QED) is 0.301. The van der Waals surface area contributed by atoms with Gasteiger partial charge in [-0.2, -0.15) is 0 Å². The van der Waals surface area contributed by atoms with Crippen LogP contribution >= 0.6 is 0 Å². The number of rotatable bonds is 7.